The van der Waals surface area contributed by atoms with Crippen LogP contribution in [-0.4, -0.2) is 44.2 Å². The van der Waals surface area contributed by atoms with Crippen LogP contribution in [0.5, 0.6) is 0 Å². The second-order valence-corrected chi connectivity index (χ2v) is 5.85. The Morgan fingerprint density at radius 1 is 1.47 bits per heavy atom. The molecule has 0 amide bonds. The van der Waals surface area contributed by atoms with Crippen molar-refractivity contribution in [3.05, 3.63) is 0 Å². The van der Waals surface area contributed by atoms with Crippen molar-refractivity contribution in [3.8, 4) is 0 Å². The third-order valence-corrected chi connectivity index (χ3v) is 4.48. The summed E-state index contributed by atoms with van der Waals surface area (Å²) in [6, 6.07) is 0. The third-order valence-electron chi connectivity index (χ3n) is 2.24. The van der Waals surface area contributed by atoms with Gasteiger partial charge in [0.15, 0.2) is 15.1 Å². The van der Waals surface area contributed by atoms with Gasteiger partial charge in [-0.25, -0.2) is 8.42 Å². The minimum Gasteiger partial charge on any atom is -0.480 e. The van der Waals surface area contributed by atoms with Crippen molar-refractivity contribution >= 4 is 15.8 Å². The molecule has 6 heteroatoms. The summed E-state index contributed by atoms with van der Waals surface area (Å²) in [6.07, 6.45) is 0.707. The molecule has 0 radical (unpaired) electrons. The van der Waals surface area contributed by atoms with Gasteiger partial charge in [0.25, 0.3) is 0 Å². The average molecular weight is 238 g/mol. The van der Waals surface area contributed by atoms with Crippen molar-refractivity contribution < 1.29 is 23.1 Å². The maximum absolute atomic E-state index is 11.7. The molecular formula is C9H18O5S. The van der Waals surface area contributed by atoms with Gasteiger partial charge in [0.05, 0.1) is 12.4 Å². The molecule has 0 aliphatic heterocycles. The van der Waals surface area contributed by atoms with Gasteiger partial charge in [-0.3, -0.25) is 4.79 Å². The Bertz CT molecular complexity index is 296. The van der Waals surface area contributed by atoms with E-state index in [4.69, 9.17) is 5.11 Å². The zero-order valence-electron chi connectivity index (χ0n) is 9.26. The van der Waals surface area contributed by atoms with Crippen LogP contribution in [-0.2, 0) is 19.4 Å². The number of methoxy groups -OCH3 is 1. The molecule has 0 aromatic heterocycles. The Labute approximate surface area is 90.4 Å². The van der Waals surface area contributed by atoms with Gasteiger partial charge in [-0.2, -0.15) is 0 Å². The molecule has 90 valence electrons. The maximum Gasteiger partial charge on any atom is 0.324 e. The Kier molecular flexibility index (Phi) is 5.82. The van der Waals surface area contributed by atoms with Gasteiger partial charge in [0.1, 0.15) is 0 Å². The second-order valence-electron chi connectivity index (χ2n) is 3.63. The molecule has 0 spiro atoms. The lowest BCUT2D eigenvalue weighted by Gasteiger charge is -2.15. The van der Waals surface area contributed by atoms with Gasteiger partial charge in [-0.1, -0.05) is 20.3 Å². The van der Waals surface area contributed by atoms with Crippen LogP contribution in [0.3, 0.4) is 0 Å². The van der Waals surface area contributed by atoms with E-state index in [1.807, 2.05) is 6.92 Å². The van der Waals surface area contributed by atoms with E-state index in [1.165, 1.54) is 7.11 Å². The van der Waals surface area contributed by atoms with Crippen LogP contribution in [0.25, 0.3) is 0 Å². The normalized spacial score (nSPS) is 15.9. The van der Waals surface area contributed by atoms with Gasteiger partial charge < -0.3 is 9.84 Å². The van der Waals surface area contributed by atoms with Crippen molar-refractivity contribution in [1.29, 1.82) is 0 Å². The van der Waals surface area contributed by atoms with E-state index in [0.29, 0.717) is 6.42 Å². The molecule has 0 aromatic carbocycles. The molecule has 1 N–H and O–H groups in total. The number of hydrogen-bond acceptors (Lipinski definition) is 4. The second kappa shape index (κ2) is 6.07. The summed E-state index contributed by atoms with van der Waals surface area (Å²) >= 11 is 0. The Balaban J connectivity index is 4.72. The summed E-state index contributed by atoms with van der Waals surface area (Å²) in [5.74, 6) is -1.49. The predicted molar refractivity (Wildman–Crippen MR) is 56.5 cm³/mol. The van der Waals surface area contributed by atoms with E-state index in [9.17, 15) is 13.2 Å². The van der Waals surface area contributed by atoms with E-state index < -0.39 is 21.1 Å². The number of rotatable bonds is 7. The monoisotopic (exact) mass is 238 g/mol. The molecule has 2 unspecified atom stereocenters. The minimum absolute atomic E-state index is 0.0336. The van der Waals surface area contributed by atoms with Gasteiger partial charge in [0, 0.05) is 7.11 Å². The fourth-order valence-electron chi connectivity index (χ4n) is 1.11. The van der Waals surface area contributed by atoms with E-state index in [1.54, 1.807) is 6.92 Å². The Morgan fingerprint density at radius 3 is 2.33 bits per heavy atom. The lowest BCUT2D eigenvalue weighted by molar-refractivity contribution is -0.137. The van der Waals surface area contributed by atoms with Gasteiger partial charge in [-0.15, -0.1) is 0 Å². The van der Waals surface area contributed by atoms with Gasteiger partial charge in [0.2, 0.25) is 0 Å². The average Bonchev–Trinajstić information content (AvgIpc) is 2.12. The maximum atomic E-state index is 11.7. The van der Waals surface area contributed by atoms with Crippen molar-refractivity contribution in [2.24, 2.45) is 5.92 Å². The fraction of sp³-hybridized carbons (Fsp3) is 0.889. The van der Waals surface area contributed by atoms with Crippen molar-refractivity contribution in [1.82, 2.24) is 0 Å². The number of carbonyl (C=O) groups is 1. The zero-order chi connectivity index (χ0) is 12.1. The highest BCUT2D eigenvalue weighted by molar-refractivity contribution is 7.92. The lowest BCUT2D eigenvalue weighted by Crippen LogP contribution is -2.37. The first-order valence-corrected chi connectivity index (χ1v) is 6.50. The molecule has 0 aliphatic carbocycles. The molecule has 15 heavy (non-hydrogen) atoms. The zero-order valence-corrected chi connectivity index (χ0v) is 10.1. The highest BCUT2D eigenvalue weighted by Gasteiger charge is 2.33. The standard InChI is InChI=1S/C9H18O5S/c1-4-7(2)6-15(12,13)8(5-14-3)9(10)11/h7-8H,4-6H2,1-3H3,(H,10,11). The van der Waals surface area contributed by atoms with Crippen molar-refractivity contribution in [3.63, 3.8) is 0 Å². The summed E-state index contributed by atoms with van der Waals surface area (Å²) in [5, 5.41) is 7.32. The molecule has 0 saturated carbocycles. The molecule has 0 heterocycles. The van der Waals surface area contributed by atoms with Crippen LogP contribution in [0, 0.1) is 5.92 Å². The summed E-state index contributed by atoms with van der Waals surface area (Å²) < 4.78 is 27.9. The van der Waals surface area contributed by atoms with E-state index >= 15 is 0 Å². The molecule has 0 aliphatic rings. The lowest BCUT2D eigenvalue weighted by atomic mass is 10.2. The summed E-state index contributed by atoms with van der Waals surface area (Å²) in [7, 11) is -2.33. The first-order valence-electron chi connectivity index (χ1n) is 4.78. The predicted octanol–water partition coefficient (Wildman–Crippen LogP) is 0.547. The van der Waals surface area contributed by atoms with E-state index in [2.05, 4.69) is 4.74 Å². The fourth-order valence-corrected chi connectivity index (χ4v) is 3.02. The third kappa shape index (κ3) is 4.61. The largest absolute Gasteiger partial charge is 0.480 e. The van der Waals surface area contributed by atoms with Crippen LogP contribution < -0.4 is 0 Å². The van der Waals surface area contributed by atoms with Gasteiger partial charge in [-0.05, 0) is 5.92 Å². The van der Waals surface area contributed by atoms with Gasteiger partial charge >= 0.3 is 5.97 Å². The van der Waals surface area contributed by atoms with E-state index in [-0.39, 0.29) is 18.3 Å². The summed E-state index contributed by atoms with van der Waals surface area (Å²) in [6.45, 7) is 3.35. The minimum atomic E-state index is -3.62. The molecular weight excluding hydrogens is 220 g/mol. The molecule has 0 saturated heterocycles. The van der Waals surface area contributed by atoms with Crippen LogP contribution >= 0.6 is 0 Å². The highest BCUT2D eigenvalue weighted by atomic mass is 32.2. The number of aliphatic carboxylic acids is 1. The smallest absolute Gasteiger partial charge is 0.324 e. The van der Waals surface area contributed by atoms with Crippen LogP contribution in [0.2, 0.25) is 0 Å². The van der Waals surface area contributed by atoms with Crippen LogP contribution in [0.15, 0.2) is 0 Å². The first-order chi connectivity index (χ1) is 6.85. The Morgan fingerprint density at radius 2 is 2.00 bits per heavy atom. The van der Waals surface area contributed by atoms with Crippen molar-refractivity contribution in [2.75, 3.05) is 19.5 Å². The highest BCUT2D eigenvalue weighted by Crippen LogP contribution is 2.11. The number of ether oxygens (including phenoxy) is 1. The molecule has 0 bridgehead atoms. The molecule has 0 rings (SSSR count). The summed E-state index contributed by atoms with van der Waals surface area (Å²) in [4.78, 5) is 10.7. The number of carboxylic acid groups (broad SMARTS) is 1. The SMILES string of the molecule is CCC(C)CS(=O)(=O)C(COC)C(=O)O. The Hall–Kier alpha value is -0.620. The number of carboxylic acids is 1. The quantitative estimate of drug-likeness (QED) is 0.700. The van der Waals surface area contributed by atoms with Crippen LogP contribution in [0.1, 0.15) is 20.3 Å². The molecule has 0 fully saturated rings. The molecule has 0 aromatic rings. The topological polar surface area (TPSA) is 80.7 Å². The first kappa shape index (κ1) is 14.4. The molecule has 2 atom stereocenters. The molecule has 5 nitrogen and oxygen atoms in total. The summed E-state index contributed by atoms with van der Waals surface area (Å²) in [5.41, 5.74) is 0. The number of sulfone groups is 1. The van der Waals surface area contributed by atoms with Crippen molar-refractivity contribution in [2.45, 2.75) is 25.5 Å². The van der Waals surface area contributed by atoms with E-state index in [0.717, 1.165) is 0 Å². The number of hydrogen-bond donors (Lipinski definition) is 1. The van der Waals surface area contributed by atoms with Crippen LogP contribution in [0.4, 0.5) is 0 Å².